The van der Waals surface area contributed by atoms with Crippen molar-refractivity contribution in [2.75, 3.05) is 5.75 Å². The standard InChI is InChI=1S/C13H13N3O3S/c17-9-2-5-15(6-3-9)8-10(18)14-11-12(19)16-4-1-7-20-13(11)16/h1-6,11,13H,7-8H2,(H,14,18)/t11?,13-/m1/s1. The van der Waals surface area contributed by atoms with Crippen molar-refractivity contribution in [3.63, 3.8) is 0 Å². The molecule has 0 spiro atoms. The Morgan fingerprint density at radius 1 is 1.35 bits per heavy atom. The average Bonchev–Trinajstić information content (AvgIpc) is 2.47. The van der Waals surface area contributed by atoms with Gasteiger partial charge in [-0.1, -0.05) is 6.08 Å². The van der Waals surface area contributed by atoms with Crippen molar-refractivity contribution < 1.29 is 9.59 Å². The number of fused-ring (bicyclic) bond motifs is 1. The summed E-state index contributed by atoms with van der Waals surface area (Å²) in [6, 6.07) is 2.34. The molecule has 3 heterocycles. The second-order valence-corrected chi connectivity index (χ2v) is 5.76. The zero-order chi connectivity index (χ0) is 14.1. The molecule has 20 heavy (non-hydrogen) atoms. The Morgan fingerprint density at radius 2 is 2.10 bits per heavy atom. The highest BCUT2D eigenvalue weighted by atomic mass is 32.2. The Morgan fingerprint density at radius 3 is 2.85 bits per heavy atom. The molecule has 2 atom stereocenters. The van der Waals surface area contributed by atoms with E-state index in [0.717, 1.165) is 5.75 Å². The number of amides is 2. The van der Waals surface area contributed by atoms with Crippen LogP contribution < -0.4 is 10.7 Å². The Kier molecular flexibility index (Phi) is 3.35. The van der Waals surface area contributed by atoms with Gasteiger partial charge in [0.05, 0.1) is 0 Å². The molecular formula is C13H13N3O3S. The fraction of sp³-hybridized carbons (Fsp3) is 0.308. The van der Waals surface area contributed by atoms with Crippen LogP contribution in [0.2, 0.25) is 0 Å². The van der Waals surface area contributed by atoms with E-state index in [1.807, 2.05) is 6.08 Å². The molecule has 2 aliphatic rings. The van der Waals surface area contributed by atoms with Crippen molar-refractivity contribution in [1.29, 1.82) is 0 Å². The molecule has 0 bridgehead atoms. The van der Waals surface area contributed by atoms with Crippen molar-refractivity contribution in [2.24, 2.45) is 0 Å². The number of hydrogen-bond donors (Lipinski definition) is 1. The lowest BCUT2D eigenvalue weighted by Crippen LogP contribution is -2.68. The molecule has 6 nitrogen and oxygen atoms in total. The summed E-state index contributed by atoms with van der Waals surface area (Å²) in [5.41, 5.74) is -0.100. The smallest absolute Gasteiger partial charge is 0.253 e. The van der Waals surface area contributed by atoms with Gasteiger partial charge < -0.3 is 14.8 Å². The number of hydrogen-bond acceptors (Lipinski definition) is 4. The summed E-state index contributed by atoms with van der Waals surface area (Å²) < 4.78 is 1.60. The summed E-state index contributed by atoms with van der Waals surface area (Å²) in [6.07, 6.45) is 6.80. The van der Waals surface area contributed by atoms with Crippen LogP contribution in [-0.2, 0) is 16.1 Å². The van der Waals surface area contributed by atoms with Crippen LogP contribution in [0, 0.1) is 0 Å². The largest absolute Gasteiger partial charge is 0.345 e. The topological polar surface area (TPSA) is 71.4 Å². The van der Waals surface area contributed by atoms with Gasteiger partial charge in [-0.25, -0.2) is 0 Å². The van der Waals surface area contributed by atoms with Crippen LogP contribution >= 0.6 is 11.8 Å². The Labute approximate surface area is 119 Å². The van der Waals surface area contributed by atoms with Crippen LogP contribution in [0.15, 0.2) is 41.6 Å². The summed E-state index contributed by atoms with van der Waals surface area (Å²) in [5, 5.41) is 2.75. The van der Waals surface area contributed by atoms with Gasteiger partial charge in [0.15, 0.2) is 5.43 Å². The van der Waals surface area contributed by atoms with Crippen LogP contribution in [0.5, 0.6) is 0 Å². The summed E-state index contributed by atoms with van der Waals surface area (Å²) in [7, 11) is 0. The Bertz CT molecular complexity index is 619. The maximum atomic E-state index is 11.9. The van der Waals surface area contributed by atoms with E-state index in [4.69, 9.17) is 0 Å². The molecule has 1 unspecified atom stereocenters. The molecule has 0 aromatic carbocycles. The second kappa shape index (κ2) is 5.16. The first-order chi connectivity index (χ1) is 9.65. The highest BCUT2D eigenvalue weighted by molar-refractivity contribution is 8.00. The van der Waals surface area contributed by atoms with Crippen LogP contribution in [0.25, 0.3) is 0 Å². The molecule has 7 heteroatoms. The first kappa shape index (κ1) is 13.0. The summed E-state index contributed by atoms with van der Waals surface area (Å²) in [4.78, 5) is 36.3. The number of nitrogens with one attached hydrogen (secondary N) is 1. The van der Waals surface area contributed by atoms with Gasteiger partial charge >= 0.3 is 0 Å². The van der Waals surface area contributed by atoms with Crippen LogP contribution in [0.3, 0.4) is 0 Å². The molecule has 0 radical (unpaired) electrons. The quantitative estimate of drug-likeness (QED) is 0.780. The van der Waals surface area contributed by atoms with Gasteiger partial charge in [0.1, 0.15) is 18.0 Å². The molecule has 1 N–H and O–H groups in total. The first-order valence-electron chi connectivity index (χ1n) is 6.21. The highest BCUT2D eigenvalue weighted by Crippen LogP contribution is 2.33. The van der Waals surface area contributed by atoms with Gasteiger partial charge in [0, 0.05) is 36.5 Å². The molecule has 1 aromatic heterocycles. The maximum absolute atomic E-state index is 11.9. The van der Waals surface area contributed by atoms with E-state index in [0.29, 0.717) is 0 Å². The van der Waals surface area contributed by atoms with E-state index in [9.17, 15) is 14.4 Å². The third kappa shape index (κ3) is 2.36. The van der Waals surface area contributed by atoms with E-state index in [-0.39, 0.29) is 29.2 Å². The Hall–Kier alpha value is -2.02. The van der Waals surface area contributed by atoms with Gasteiger partial charge in [-0.2, -0.15) is 0 Å². The van der Waals surface area contributed by atoms with E-state index >= 15 is 0 Å². The minimum atomic E-state index is -0.447. The molecule has 2 aliphatic heterocycles. The number of nitrogens with zero attached hydrogens (tertiary/aromatic N) is 2. The fourth-order valence-electron chi connectivity index (χ4n) is 2.20. The van der Waals surface area contributed by atoms with E-state index in [1.54, 1.807) is 39.8 Å². The van der Waals surface area contributed by atoms with Crippen molar-refractivity contribution in [1.82, 2.24) is 14.8 Å². The minimum Gasteiger partial charge on any atom is -0.345 e. The zero-order valence-electron chi connectivity index (χ0n) is 10.6. The predicted octanol–water partition coefficient (Wildman–Crippen LogP) is -0.238. The molecular weight excluding hydrogens is 278 g/mol. The maximum Gasteiger partial charge on any atom is 0.253 e. The number of carbonyl (C=O) groups is 2. The SMILES string of the molecule is O=C(Cn1ccc(=O)cc1)NC1C(=O)N2C=CCS[C@H]12. The van der Waals surface area contributed by atoms with Gasteiger partial charge in [-0.3, -0.25) is 14.4 Å². The molecule has 104 valence electrons. The van der Waals surface area contributed by atoms with E-state index < -0.39 is 6.04 Å². The average molecular weight is 291 g/mol. The third-order valence-electron chi connectivity index (χ3n) is 3.21. The fourth-order valence-corrected chi connectivity index (χ4v) is 3.31. The van der Waals surface area contributed by atoms with Gasteiger partial charge in [0.25, 0.3) is 5.91 Å². The number of carbonyl (C=O) groups excluding carboxylic acids is 2. The number of thioether (sulfide) groups is 1. The normalized spacial score (nSPS) is 24.0. The first-order valence-corrected chi connectivity index (χ1v) is 7.26. The molecule has 2 amide bonds. The minimum absolute atomic E-state index is 0.00506. The Balaban J connectivity index is 1.59. The highest BCUT2D eigenvalue weighted by Gasteiger charge is 2.48. The van der Waals surface area contributed by atoms with Crippen molar-refractivity contribution in [2.45, 2.75) is 18.0 Å². The van der Waals surface area contributed by atoms with Gasteiger partial charge in [-0.15, -0.1) is 11.8 Å². The number of pyridine rings is 1. The van der Waals surface area contributed by atoms with Gasteiger partial charge in [0.2, 0.25) is 5.91 Å². The molecule has 0 saturated carbocycles. The molecule has 1 aromatic rings. The van der Waals surface area contributed by atoms with Crippen LogP contribution in [0.1, 0.15) is 0 Å². The zero-order valence-corrected chi connectivity index (χ0v) is 11.4. The lowest BCUT2D eigenvalue weighted by molar-refractivity contribution is -0.144. The van der Waals surface area contributed by atoms with Gasteiger partial charge in [-0.05, 0) is 0 Å². The predicted molar refractivity (Wildman–Crippen MR) is 74.9 cm³/mol. The van der Waals surface area contributed by atoms with E-state index in [1.165, 1.54) is 12.1 Å². The van der Waals surface area contributed by atoms with E-state index in [2.05, 4.69) is 5.32 Å². The van der Waals surface area contributed by atoms with Crippen LogP contribution in [0.4, 0.5) is 0 Å². The molecule has 1 saturated heterocycles. The molecule has 0 aliphatic carbocycles. The third-order valence-corrected chi connectivity index (χ3v) is 4.44. The summed E-state index contributed by atoms with van der Waals surface area (Å²) in [6.45, 7) is 0.0945. The summed E-state index contributed by atoms with van der Waals surface area (Å²) >= 11 is 1.63. The monoisotopic (exact) mass is 291 g/mol. The number of β-lactam (4-membered cyclic amide) rings is 1. The summed E-state index contributed by atoms with van der Waals surface area (Å²) in [5.74, 6) is 0.536. The lowest BCUT2D eigenvalue weighted by atomic mass is 10.1. The second-order valence-electron chi connectivity index (χ2n) is 4.61. The van der Waals surface area contributed by atoms with Crippen LogP contribution in [-0.4, -0.2) is 38.4 Å². The number of aromatic nitrogens is 1. The molecule has 3 rings (SSSR count). The molecule has 1 fully saturated rings. The van der Waals surface area contributed by atoms with Crippen molar-refractivity contribution >= 4 is 23.6 Å². The number of rotatable bonds is 3. The lowest BCUT2D eigenvalue weighted by Gasteiger charge is -2.46. The van der Waals surface area contributed by atoms with Crippen molar-refractivity contribution in [3.05, 3.63) is 47.0 Å². The van der Waals surface area contributed by atoms with Crippen molar-refractivity contribution in [3.8, 4) is 0 Å².